The third-order valence-corrected chi connectivity index (χ3v) is 6.42. The van der Waals surface area contributed by atoms with Gasteiger partial charge in [-0.1, -0.05) is 30.3 Å². The van der Waals surface area contributed by atoms with E-state index < -0.39 is 28.3 Å². The molecular formula is C23H23FN2O4S. The van der Waals surface area contributed by atoms with E-state index in [1.54, 1.807) is 37.4 Å². The largest absolute Gasteiger partial charge is 0.497 e. The van der Waals surface area contributed by atoms with Crippen molar-refractivity contribution in [2.24, 2.45) is 0 Å². The molecule has 0 spiro atoms. The minimum atomic E-state index is -4.06. The Morgan fingerprint density at radius 3 is 2.23 bits per heavy atom. The van der Waals surface area contributed by atoms with Crippen LogP contribution in [0.5, 0.6) is 5.75 Å². The molecule has 0 radical (unpaired) electrons. The highest BCUT2D eigenvalue weighted by molar-refractivity contribution is 7.92. The van der Waals surface area contributed by atoms with Gasteiger partial charge in [0.15, 0.2) is 0 Å². The van der Waals surface area contributed by atoms with Crippen LogP contribution in [0, 0.1) is 5.82 Å². The first-order chi connectivity index (χ1) is 14.9. The molecule has 0 unspecified atom stereocenters. The van der Waals surface area contributed by atoms with Crippen molar-refractivity contribution in [2.45, 2.75) is 11.3 Å². The Bertz CT molecular complexity index is 1100. The topological polar surface area (TPSA) is 75.7 Å². The van der Waals surface area contributed by atoms with Gasteiger partial charge in [0.1, 0.15) is 18.1 Å². The number of carbonyl (C=O) groups excluding carboxylic acids is 1. The number of benzene rings is 3. The number of ether oxygens (including phenoxy) is 1. The second-order valence-corrected chi connectivity index (χ2v) is 8.61. The van der Waals surface area contributed by atoms with Crippen LogP contribution in [0.4, 0.5) is 10.1 Å². The molecule has 31 heavy (non-hydrogen) atoms. The first kappa shape index (κ1) is 22.3. The number of hydrogen-bond donors (Lipinski definition) is 1. The van der Waals surface area contributed by atoms with E-state index in [4.69, 9.17) is 4.74 Å². The van der Waals surface area contributed by atoms with Gasteiger partial charge in [-0.2, -0.15) is 0 Å². The monoisotopic (exact) mass is 442 g/mol. The summed E-state index contributed by atoms with van der Waals surface area (Å²) in [5.41, 5.74) is 1.36. The first-order valence-electron chi connectivity index (χ1n) is 9.63. The fourth-order valence-electron chi connectivity index (χ4n) is 2.97. The molecule has 0 aliphatic carbocycles. The highest BCUT2D eigenvalue weighted by Gasteiger charge is 2.27. The average Bonchev–Trinajstić information content (AvgIpc) is 2.78. The molecule has 0 aliphatic rings. The number of nitrogens with one attached hydrogen (secondary N) is 1. The number of halogens is 1. The van der Waals surface area contributed by atoms with Crippen LogP contribution >= 0.6 is 0 Å². The minimum absolute atomic E-state index is 0.0937. The second kappa shape index (κ2) is 10.1. The number of para-hydroxylation sites is 1. The number of rotatable bonds is 9. The molecule has 1 N–H and O–H groups in total. The lowest BCUT2D eigenvalue weighted by Gasteiger charge is -2.24. The van der Waals surface area contributed by atoms with Gasteiger partial charge in [-0.05, 0) is 60.5 Å². The Labute approximate surface area is 181 Å². The normalized spacial score (nSPS) is 11.0. The predicted molar refractivity (Wildman–Crippen MR) is 117 cm³/mol. The highest BCUT2D eigenvalue weighted by Crippen LogP contribution is 2.23. The first-order valence-corrected chi connectivity index (χ1v) is 11.1. The molecule has 0 heterocycles. The highest BCUT2D eigenvalue weighted by atomic mass is 32.2. The molecule has 3 aromatic carbocycles. The predicted octanol–water partition coefficient (Wildman–Crippen LogP) is 3.39. The van der Waals surface area contributed by atoms with Crippen molar-refractivity contribution in [2.75, 3.05) is 24.5 Å². The van der Waals surface area contributed by atoms with Crippen LogP contribution in [0.15, 0.2) is 83.8 Å². The number of carbonyl (C=O) groups is 1. The summed E-state index contributed by atoms with van der Waals surface area (Å²) in [4.78, 5) is 12.5. The van der Waals surface area contributed by atoms with Crippen LogP contribution in [0.3, 0.4) is 0 Å². The maximum absolute atomic E-state index is 13.3. The van der Waals surface area contributed by atoms with Crippen LogP contribution in [0.2, 0.25) is 0 Å². The van der Waals surface area contributed by atoms with Gasteiger partial charge >= 0.3 is 0 Å². The molecule has 0 aliphatic heterocycles. The van der Waals surface area contributed by atoms with Crippen LogP contribution in [0.1, 0.15) is 5.56 Å². The van der Waals surface area contributed by atoms with Gasteiger partial charge in [-0.3, -0.25) is 9.10 Å². The fraction of sp³-hybridized carbons (Fsp3) is 0.174. The van der Waals surface area contributed by atoms with Gasteiger partial charge in [0.2, 0.25) is 5.91 Å². The summed E-state index contributed by atoms with van der Waals surface area (Å²) in [5.74, 6) is -0.234. The minimum Gasteiger partial charge on any atom is -0.497 e. The zero-order valence-corrected chi connectivity index (χ0v) is 17.8. The number of amides is 1. The molecule has 0 fully saturated rings. The van der Waals surface area contributed by atoms with Gasteiger partial charge < -0.3 is 10.1 Å². The number of sulfonamides is 1. The molecule has 1 amide bonds. The lowest BCUT2D eigenvalue weighted by atomic mass is 10.1. The van der Waals surface area contributed by atoms with Crippen molar-refractivity contribution < 1.29 is 22.3 Å². The molecule has 3 aromatic rings. The SMILES string of the molecule is COc1ccc(CCNC(=O)CN(c2ccccc2)S(=O)(=O)c2ccc(F)cc2)cc1. The summed E-state index contributed by atoms with van der Waals surface area (Å²) in [7, 11) is -2.47. The quantitative estimate of drug-likeness (QED) is 0.551. The van der Waals surface area contributed by atoms with Crippen LogP contribution in [-0.4, -0.2) is 34.5 Å². The molecule has 0 saturated carbocycles. The van der Waals surface area contributed by atoms with Crippen LogP contribution in [0.25, 0.3) is 0 Å². The van der Waals surface area contributed by atoms with Crippen molar-refractivity contribution in [1.29, 1.82) is 0 Å². The Morgan fingerprint density at radius 1 is 0.968 bits per heavy atom. The van der Waals surface area contributed by atoms with E-state index in [-0.39, 0.29) is 4.90 Å². The van der Waals surface area contributed by atoms with Crippen LogP contribution < -0.4 is 14.4 Å². The fourth-order valence-corrected chi connectivity index (χ4v) is 4.39. The molecule has 0 saturated heterocycles. The molecule has 6 nitrogen and oxygen atoms in total. The van der Waals surface area contributed by atoms with Crippen molar-refractivity contribution in [3.05, 3.63) is 90.2 Å². The molecule has 0 aromatic heterocycles. The summed E-state index contributed by atoms with van der Waals surface area (Å²) in [5, 5.41) is 2.76. The van der Waals surface area contributed by atoms with Crippen molar-refractivity contribution in [3.63, 3.8) is 0 Å². The molecule has 0 atom stereocenters. The van der Waals surface area contributed by atoms with Crippen molar-refractivity contribution >= 4 is 21.6 Å². The lowest BCUT2D eigenvalue weighted by molar-refractivity contribution is -0.119. The third-order valence-electron chi connectivity index (χ3n) is 4.63. The van der Waals surface area contributed by atoms with E-state index >= 15 is 0 Å². The number of anilines is 1. The summed E-state index contributed by atoms with van der Waals surface area (Å²) in [6.07, 6.45) is 0.589. The van der Waals surface area contributed by atoms with E-state index in [0.29, 0.717) is 18.7 Å². The average molecular weight is 443 g/mol. The lowest BCUT2D eigenvalue weighted by Crippen LogP contribution is -2.41. The molecule has 162 valence electrons. The number of hydrogen-bond acceptors (Lipinski definition) is 4. The van der Waals surface area contributed by atoms with Gasteiger partial charge in [0.25, 0.3) is 10.0 Å². The molecule has 8 heteroatoms. The summed E-state index contributed by atoms with van der Waals surface area (Å²) in [6.45, 7) is -0.0449. The Morgan fingerprint density at radius 2 is 1.61 bits per heavy atom. The third kappa shape index (κ3) is 5.82. The van der Waals surface area contributed by atoms with Crippen LogP contribution in [-0.2, 0) is 21.2 Å². The molecular weight excluding hydrogens is 419 g/mol. The van der Waals surface area contributed by atoms with E-state index in [0.717, 1.165) is 27.8 Å². The molecule has 0 bridgehead atoms. The Kier molecular flexibility index (Phi) is 7.25. The molecule has 3 rings (SSSR count). The summed E-state index contributed by atoms with van der Waals surface area (Å²) in [6, 6.07) is 20.3. The maximum Gasteiger partial charge on any atom is 0.264 e. The Balaban J connectivity index is 1.71. The van der Waals surface area contributed by atoms with Gasteiger partial charge in [0.05, 0.1) is 17.7 Å². The summed E-state index contributed by atoms with van der Waals surface area (Å²) < 4.78 is 45.7. The zero-order chi connectivity index (χ0) is 22.3. The van der Waals surface area contributed by atoms with E-state index in [1.165, 1.54) is 12.1 Å². The zero-order valence-electron chi connectivity index (χ0n) is 17.0. The van der Waals surface area contributed by atoms with Crippen molar-refractivity contribution in [1.82, 2.24) is 5.32 Å². The standard InChI is InChI=1S/C23H23FN2O4S/c1-30-21-11-7-18(8-12-21)15-16-25-23(27)17-26(20-5-3-2-4-6-20)31(28,29)22-13-9-19(24)10-14-22/h2-14H,15-17H2,1H3,(H,25,27). The van der Waals surface area contributed by atoms with E-state index in [9.17, 15) is 17.6 Å². The number of methoxy groups -OCH3 is 1. The smallest absolute Gasteiger partial charge is 0.264 e. The van der Waals surface area contributed by atoms with E-state index in [1.807, 2.05) is 24.3 Å². The van der Waals surface area contributed by atoms with Gasteiger partial charge in [0, 0.05) is 6.54 Å². The van der Waals surface area contributed by atoms with Crippen molar-refractivity contribution in [3.8, 4) is 5.75 Å². The Hall–Kier alpha value is -3.39. The second-order valence-electron chi connectivity index (χ2n) is 6.75. The summed E-state index contributed by atoms with van der Waals surface area (Å²) >= 11 is 0. The maximum atomic E-state index is 13.3. The van der Waals surface area contributed by atoms with E-state index in [2.05, 4.69) is 5.32 Å². The number of nitrogens with zero attached hydrogens (tertiary/aromatic N) is 1. The van der Waals surface area contributed by atoms with Gasteiger partial charge in [-0.15, -0.1) is 0 Å². The van der Waals surface area contributed by atoms with Gasteiger partial charge in [-0.25, -0.2) is 12.8 Å².